The molecule has 0 radical (unpaired) electrons. The van der Waals surface area contributed by atoms with E-state index in [0.29, 0.717) is 12.5 Å². The Bertz CT molecular complexity index is 1000. The van der Waals surface area contributed by atoms with Crippen LogP contribution < -0.4 is 10.0 Å². The molecule has 0 bridgehead atoms. The zero-order chi connectivity index (χ0) is 21.8. The van der Waals surface area contributed by atoms with Crippen molar-refractivity contribution in [3.8, 4) is 0 Å². The highest BCUT2D eigenvalue weighted by Gasteiger charge is 2.45. The fourth-order valence-electron chi connectivity index (χ4n) is 4.39. The molecular weight excluding hydrogens is 428 g/mol. The Morgan fingerprint density at radius 2 is 2.07 bits per heavy atom. The summed E-state index contributed by atoms with van der Waals surface area (Å²) in [7, 11) is -2.14. The van der Waals surface area contributed by atoms with Gasteiger partial charge in [-0.3, -0.25) is 4.98 Å². The van der Waals surface area contributed by atoms with Crippen LogP contribution in [0.4, 0.5) is 8.78 Å². The Balaban J connectivity index is 1.80. The number of thiocarbonyl (C=S) groups is 1. The maximum atomic E-state index is 13.4. The van der Waals surface area contributed by atoms with Gasteiger partial charge in [-0.2, -0.15) is 0 Å². The molecule has 30 heavy (non-hydrogen) atoms. The minimum atomic E-state index is -3.95. The number of nitrogens with zero attached hydrogens (tertiary/aromatic N) is 1. The molecule has 2 aromatic rings. The van der Waals surface area contributed by atoms with Crippen molar-refractivity contribution in [3.05, 3.63) is 59.9 Å². The summed E-state index contributed by atoms with van der Waals surface area (Å²) < 4.78 is 54.1. The fourth-order valence-corrected chi connectivity index (χ4v) is 5.84. The Morgan fingerprint density at radius 3 is 2.73 bits per heavy atom. The van der Waals surface area contributed by atoms with Gasteiger partial charge in [0.1, 0.15) is 0 Å². The van der Waals surface area contributed by atoms with E-state index in [0.717, 1.165) is 48.4 Å². The number of halogens is 2. The number of hydrogen-bond donors (Lipinski definition) is 2. The Kier molecular flexibility index (Phi) is 7.15. The zero-order valence-corrected chi connectivity index (χ0v) is 18.3. The lowest BCUT2D eigenvalue weighted by Crippen LogP contribution is -2.50. The van der Waals surface area contributed by atoms with Gasteiger partial charge in [0, 0.05) is 31.4 Å². The van der Waals surface area contributed by atoms with Gasteiger partial charge in [-0.05, 0) is 55.0 Å². The van der Waals surface area contributed by atoms with Crippen LogP contribution in [0, 0.1) is 17.6 Å². The fraction of sp³-hybridized carbons (Fsp3) is 0.429. The molecule has 0 spiro atoms. The maximum absolute atomic E-state index is 13.4. The van der Waals surface area contributed by atoms with Gasteiger partial charge in [-0.25, -0.2) is 21.9 Å². The number of pyridine rings is 1. The van der Waals surface area contributed by atoms with E-state index in [-0.39, 0.29) is 17.4 Å². The predicted molar refractivity (Wildman–Crippen MR) is 116 cm³/mol. The van der Waals surface area contributed by atoms with Crippen LogP contribution in [0.1, 0.15) is 37.7 Å². The van der Waals surface area contributed by atoms with Crippen molar-refractivity contribution in [1.82, 2.24) is 15.0 Å². The SMILES string of the molecule is CNC(=S)[C@@]1(c2cccnc2)CCCC[C@@H]1CCNS(=O)(=O)c1ccc(F)c(F)c1. The normalized spacial score (nSPS) is 21.9. The molecule has 1 fully saturated rings. The molecule has 3 rings (SSSR count). The number of sulfonamides is 1. The van der Waals surface area contributed by atoms with Gasteiger partial charge in [-0.1, -0.05) is 31.1 Å². The van der Waals surface area contributed by atoms with Gasteiger partial charge in [0.05, 0.1) is 9.88 Å². The first-order valence-electron chi connectivity index (χ1n) is 9.88. The summed E-state index contributed by atoms with van der Waals surface area (Å²) in [6.07, 6.45) is 7.92. The summed E-state index contributed by atoms with van der Waals surface area (Å²) in [6.45, 7) is 0.167. The molecule has 1 heterocycles. The highest BCUT2D eigenvalue weighted by Crippen LogP contribution is 2.46. The topological polar surface area (TPSA) is 71.1 Å². The van der Waals surface area contributed by atoms with Crippen LogP contribution in [0.3, 0.4) is 0 Å². The molecule has 2 N–H and O–H groups in total. The van der Waals surface area contributed by atoms with Crippen molar-refractivity contribution in [2.45, 2.75) is 42.4 Å². The highest BCUT2D eigenvalue weighted by molar-refractivity contribution is 7.89. The zero-order valence-electron chi connectivity index (χ0n) is 16.7. The largest absolute Gasteiger partial charge is 0.382 e. The molecular formula is C21H25F2N3O2S2. The average molecular weight is 454 g/mol. The lowest BCUT2D eigenvalue weighted by molar-refractivity contribution is 0.239. The smallest absolute Gasteiger partial charge is 0.240 e. The van der Waals surface area contributed by atoms with E-state index in [9.17, 15) is 17.2 Å². The molecule has 1 aromatic heterocycles. The Morgan fingerprint density at radius 1 is 1.27 bits per heavy atom. The highest BCUT2D eigenvalue weighted by atomic mass is 32.2. The van der Waals surface area contributed by atoms with E-state index in [1.807, 2.05) is 18.3 Å². The molecule has 0 saturated heterocycles. The van der Waals surface area contributed by atoms with Crippen LogP contribution in [0.15, 0.2) is 47.6 Å². The van der Waals surface area contributed by atoms with Crippen LogP contribution in [-0.2, 0) is 15.4 Å². The molecule has 0 amide bonds. The van der Waals surface area contributed by atoms with Crippen LogP contribution in [0.5, 0.6) is 0 Å². The second-order valence-corrected chi connectivity index (χ2v) is 9.67. The molecule has 2 atom stereocenters. The van der Waals surface area contributed by atoms with Crippen molar-refractivity contribution in [2.24, 2.45) is 5.92 Å². The number of hydrogen-bond acceptors (Lipinski definition) is 4. The standard InChI is InChI=1S/C21H25F2N3O2S2/c1-24-20(29)21(16-6-4-11-25-14-16)10-3-2-5-15(21)9-12-26-30(27,28)17-7-8-18(22)19(23)13-17/h4,6-8,11,13-15,26H,2-3,5,9-10,12H2,1H3,(H,24,29)/t15-,21+/m1/s1. The minimum absolute atomic E-state index is 0.114. The van der Waals surface area contributed by atoms with E-state index in [2.05, 4.69) is 15.0 Å². The lowest BCUT2D eigenvalue weighted by atomic mass is 9.61. The third-order valence-electron chi connectivity index (χ3n) is 5.87. The first kappa shape index (κ1) is 22.7. The number of rotatable bonds is 7. The maximum Gasteiger partial charge on any atom is 0.240 e. The van der Waals surface area contributed by atoms with Crippen molar-refractivity contribution in [2.75, 3.05) is 13.6 Å². The predicted octanol–water partition coefficient (Wildman–Crippen LogP) is 3.70. The van der Waals surface area contributed by atoms with Gasteiger partial charge in [0.15, 0.2) is 11.6 Å². The molecule has 9 heteroatoms. The minimum Gasteiger partial charge on any atom is -0.382 e. The molecule has 0 unspecified atom stereocenters. The monoisotopic (exact) mass is 453 g/mol. The van der Waals surface area contributed by atoms with E-state index in [4.69, 9.17) is 12.2 Å². The van der Waals surface area contributed by atoms with Gasteiger partial charge >= 0.3 is 0 Å². The number of benzene rings is 1. The quantitative estimate of drug-likeness (QED) is 0.626. The van der Waals surface area contributed by atoms with E-state index < -0.39 is 27.1 Å². The average Bonchev–Trinajstić information content (AvgIpc) is 2.76. The van der Waals surface area contributed by atoms with Crippen molar-refractivity contribution in [1.29, 1.82) is 0 Å². The summed E-state index contributed by atoms with van der Waals surface area (Å²) in [5.74, 6) is -2.17. The molecule has 162 valence electrons. The van der Waals surface area contributed by atoms with Gasteiger partial charge in [-0.15, -0.1) is 0 Å². The third-order valence-corrected chi connectivity index (χ3v) is 7.89. The van der Waals surface area contributed by atoms with E-state index >= 15 is 0 Å². The summed E-state index contributed by atoms with van der Waals surface area (Å²) in [6, 6.07) is 6.45. The van der Waals surface area contributed by atoms with Crippen molar-refractivity contribution >= 4 is 27.2 Å². The molecule has 1 aromatic carbocycles. The van der Waals surface area contributed by atoms with Gasteiger partial charge in [0.2, 0.25) is 10.0 Å². The summed E-state index contributed by atoms with van der Waals surface area (Å²) in [4.78, 5) is 4.69. The van der Waals surface area contributed by atoms with Crippen LogP contribution in [0.25, 0.3) is 0 Å². The number of likely N-dealkylation sites (N-methyl/N-ethyl adjacent to an activating group) is 1. The van der Waals surface area contributed by atoms with E-state index in [1.54, 1.807) is 13.2 Å². The van der Waals surface area contributed by atoms with Gasteiger partial charge < -0.3 is 5.32 Å². The first-order chi connectivity index (χ1) is 14.3. The molecule has 0 aliphatic heterocycles. The molecule has 5 nitrogen and oxygen atoms in total. The molecule has 1 saturated carbocycles. The first-order valence-corrected chi connectivity index (χ1v) is 11.8. The van der Waals surface area contributed by atoms with Crippen LogP contribution in [0.2, 0.25) is 0 Å². The second kappa shape index (κ2) is 9.45. The van der Waals surface area contributed by atoms with E-state index in [1.165, 1.54) is 0 Å². The summed E-state index contributed by atoms with van der Waals surface area (Å²) >= 11 is 5.72. The Hall–Kier alpha value is -1.97. The lowest BCUT2D eigenvalue weighted by Gasteiger charge is -2.45. The summed E-state index contributed by atoms with van der Waals surface area (Å²) in [5, 5.41) is 3.14. The Labute approximate surface area is 181 Å². The van der Waals surface area contributed by atoms with Crippen molar-refractivity contribution < 1.29 is 17.2 Å². The molecule has 1 aliphatic carbocycles. The van der Waals surface area contributed by atoms with Crippen LogP contribution >= 0.6 is 12.2 Å². The summed E-state index contributed by atoms with van der Waals surface area (Å²) in [5.41, 5.74) is 0.613. The van der Waals surface area contributed by atoms with Gasteiger partial charge in [0.25, 0.3) is 0 Å². The van der Waals surface area contributed by atoms with Crippen molar-refractivity contribution in [3.63, 3.8) is 0 Å². The van der Waals surface area contributed by atoms with Crippen LogP contribution in [-0.4, -0.2) is 32.0 Å². The second-order valence-electron chi connectivity index (χ2n) is 7.50. The number of nitrogens with one attached hydrogen (secondary N) is 2. The number of aromatic nitrogens is 1. The third kappa shape index (κ3) is 4.53. The molecule has 1 aliphatic rings.